The Bertz CT molecular complexity index is 410. The first-order chi connectivity index (χ1) is 9.65. The summed E-state index contributed by atoms with van der Waals surface area (Å²) in [4.78, 5) is 6.80. The third-order valence-electron chi connectivity index (χ3n) is 3.77. The van der Waals surface area contributed by atoms with Crippen molar-refractivity contribution in [2.45, 2.75) is 39.0 Å². The fourth-order valence-electron chi connectivity index (χ4n) is 2.52. The van der Waals surface area contributed by atoms with E-state index >= 15 is 0 Å². The number of aliphatic hydroxyl groups is 1. The van der Waals surface area contributed by atoms with Crippen LogP contribution in [0.15, 0.2) is 18.3 Å². The second-order valence-corrected chi connectivity index (χ2v) is 5.36. The van der Waals surface area contributed by atoms with Gasteiger partial charge in [-0.3, -0.25) is 4.98 Å². The molecule has 3 atom stereocenters. The number of morpholine rings is 1. The molecule has 1 aliphatic rings. The van der Waals surface area contributed by atoms with E-state index in [2.05, 4.69) is 48.1 Å². The van der Waals surface area contributed by atoms with Gasteiger partial charge in [-0.05, 0) is 32.5 Å². The Morgan fingerprint density at radius 1 is 1.55 bits per heavy atom. The van der Waals surface area contributed by atoms with Gasteiger partial charge in [-0.1, -0.05) is 6.92 Å². The molecule has 20 heavy (non-hydrogen) atoms. The van der Waals surface area contributed by atoms with Crippen molar-refractivity contribution in [1.82, 2.24) is 10.3 Å². The average Bonchev–Trinajstić information content (AvgIpc) is 2.48. The maximum absolute atomic E-state index is 9.24. The summed E-state index contributed by atoms with van der Waals surface area (Å²) in [5.41, 5.74) is 2.14. The monoisotopic (exact) mass is 279 g/mol. The number of rotatable bonds is 5. The van der Waals surface area contributed by atoms with E-state index in [4.69, 9.17) is 4.74 Å². The second kappa shape index (κ2) is 7.02. The number of nitrogens with zero attached hydrogens (tertiary/aromatic N) is 2. The van der Waals surface area contributed by atoms with E-state index in [9.17, 15) is 5.11 Å². The fraction of sp³-hybridized carbons (Fsp3) is 0.667. The van der Waals surface area contributed by atoms with Crippen molar-refractivity contribution in [2.75, 3.05) is 31.2 Å². The number of ether oxygens (including phenoxy) is 1. The fourth-order valence-corrected chi connectivity index (χ4v) is 2.52. The van der Waals surface area contributed by atoms with Gasteiger partial charge >= 0.3 is 0 Å². The molecular formula is C15H25N3O2. The molecule has 1 aliphatic heterocycles. The highest BCUT2D eigenvalue weighted by molar-refractivity contribution is 5.46. The van der Waals surface area contributed by atoms with Crippen LogP contribution in [-0.2, 0) is 4.74 Å². The standard InChI is InChI=1S/C15H25N3O2/c1-4-16-12(3)15-6-5-13(7-17-15)18-8-14(9-19)20-10-11(18)2/h5-7,11-12,14,16,19H,4,8-10H2,1-3H3. The van der Waals surface area contributed by atoms with E-state index in [0.29, 0.717) is 19.2 Å². The summed E-state index contributed by atoms with van der Waals surface area (Å²) >= 11 is 0. The van der Waals surface area contributed by atoms with Crippen LogP contribution in [0.1, 0.15) is 32.5 Å². The Balaban J connectivity index is 2.08. The lowest BCUT2D eigenvalue weighted by atomic mass is 10.1. The van der Waals surface area contributed by atoms with E-state index < -0.39 is 0 Å². The van der Waals surface area contributed by atoms with Gasteiger partial charge in [-0.2, -0.15) is 0 Å². The molecule has 1 saturated heterocycles. The number of aliphatic hydroxyl groups excluding tert-OH is 1. The van der Waals surface area contributed by atoms with E-state index in [-0.39, 0.29) is 18.8 Å². The van der Waals surface area contributed by atoms with Crippen LogP contribution < -0.4 is 10.2 Å². The van der Waals surface area contributed by atoms with Crippen LogP contribution in [0.3, 0.4) is 0 Å². The summed E-state index contributed by atoms with van der Waals surface area (Å²) in [6.45, 7) is 8.68. The molecule has 5 heteroatoms. The number of hydrogen-bond donors (Lipinski definition) is 2. The molecule has 0 aromatic carbocycles. The lowest BCUT2D eigenvalue weighted by molar-refractivity contribution is -0.0103. The summed E-state index contributed by atoms with van der Waals surface area (Å²) in [5.74, 6) is 0. The van der Waals surface area contributed by atoms with Gasteiger partial charge in [0, 0.05) is 18.6 Å². The van der Waals surface area contributed by atoms with Crippen LogP contribution in [0.25, 0.3) is 0 Å². The average molecular weight is 279 g/mol. The third-order valence-corrected chi connectivity index (χ3v) is 3.77. The molecule has 112 valence electrons. The van der Waals surface area contributed by atoms with Crippen molar-refractivity contribution >= 4 is 5.69 Å². The van der Waals surface area contributed by atoms with Crippen LogP contribution in [0.5, 0.6) is 0 Å². The Morgan fingerprint density at radius 2 is 2.35 bits per heavy atom. The molecule has 1 aromatic heterocycles. The van der Waals surface area contributed by atoms with Crippen LogP contribution in [-0.4, -0.2) is 48.5 Å². The van der Waals surface area contributed by atoms with Gasteiger partial charge in [0.25, 0.3) is 0 Å². The lowest BCUT2D eigenvalue weighted by Crippen LogP contribution is -2.49. The van der Waals surface area contributed by atoms with Gasteiger partial charge in [0.15, 0.2) is 0 Å². The Labute approximate surface area is 121 Å². The van der Waals surface area contributed by atoms with Crippen molar-refractivity contribution < 1.29 is 9.84 Å². The second-order valence-electron chi connectivity index (χ2n) is 5.36. The van der Waals surface area contributed by atoms with Crippen LogP contribution in [0.4, 0.5) is 5.69 Å². The van der Waals surface area contributed by atoms with E-state index in [1.165, 1.54) is 0 Å². The lowest BCUT2D eigenvalue weighted by Gasteiger charge is -2.39. The highest BCUT2D eigenvalue weighted by atomic mass is 16.5. The molecule has 0 spiro atoms. The predicted octanol–water partition coefficient (Wildman–Crippen LogP) is 1.34. The molecule has 1 aromatic rings. The van der Waals surface area contributed by atoms with Crippen molar-refractivity contribution in [3.05, 3.63) is 24.0 Å². The maximum atomic E-state index is 9.24. The number of pyridine rings is 1. The first kappa shape index (κ1) is 15.2. The van der Waals surface area contributed by atoms with Gasteiger partial charge in [0.05, 0.1) is 36.9 Å². The Kier molecular flexibility index (Phi) is 5.34. The van der Waals surface area contributed by atoms with Crippen molar-refractivity contribution in [2.24, 2.45) is 0 Å². The van der Waals surface area contributed by atoms with Gasteiger partial charge in [0.2, 0.25) is 0 Å². The van der Waals surface area contributed by atoms with Crippen molar-refractivity contribution in [1.29, 1.82) is 0 Å². The molecule has 0 radical (unpaired) electrons. The Morgan fingerprint density at radius 3 is 2.95 bits per heavy atom. The van der Waals surface area contributed by atoms with Gasteiger partial charge < -0.3 is 20.1 Å². The zero-order valence-electron chi connectivity index (χ0n) is 12.5. The van der Waals surface area contributed by atoms with Crippen LogP contribution in [0.2, 0.25) is 0 Å². The quantitative estimate of drug-likeness (QED) is 0.852. The molecule has 1 fully saturated rings. The minimum atomic E-state index is -0.105. The number of anilines is 1. The highest BCUT2D eigenvalue weighted by Crippen LogP contribution is 2.22. The first-order valence-electron chi connectivity index (χ1n) is 7.34. The molecule has 0 saturated carbocycles. The predicted molar refractivity (Wildman–Crippen MR) is 80.0 cm³/mol. The molecule has 2 heterocycles. The summed E-state index contributed by atoms with van der Waals surface area (Å²) in [7, 11) is 0. The molecule has 0 bridgehead atoms. The number of aromatic nitrogens is 1. The smallest absolute Gasteiger partial charge is 0.0981 e. The number of nitrogens with one attached hydrogen (secondary N) is 1. The molecule has 0 aliphatic carbocycles. The first-order valence-corrected chi connectivity index (χ1v) is 7.34. The van der Waals surface area contributed by atoms with Crippen molar-refractivity contribution in [3.8, 4) is 0 Å². The summed E-state index contributed by atoms with van der Waals surface area (Å²) < 4.78 is 5.56. The van der Waals surface area contributed by atoms with Gasteiger partial charge in [-0.15, -0.1) is 0 Å². The minimum Gasteiger partial charge on any atom is -0.394 e. The van der Waals surface area contributed by atoms with Gasteiger partial charge in [0.1, 0.15) is 0 Å². The van der Waals surface area contributed by atoms with Crippen LogP contribution >= 0.6 is 0 Å². The SMILES string of the molecule is CCNC(C)c1ccc(N2CC(CO)OCC2C)cn1. The minimum absolute atomic E-state index is 0.0617. The molecule has 2 N–H and O–H groups in total. The zero-order chi connectivity index (χ0) is 14.5. The molecule has 2 rings (SSSR count). The molecular weight excluding hydrogens is 254 g/mol. The summed E-state index contributed by atoms with van der Waals surface area (Å²) in [6.07, 6.45) is 1.81. The Hall–Kier alpha value is -1.17. The molecule has 5 nitrogen and oxygen atoms in total. The normalized spacial score (nSPS) is 24.7. The van der Waals surface area contributed by atoms with E-state index in [1.54, 1.807) is 0 Å². The summed E-state index contributed by atoms with van der Waals surface area (Å²) in [5, 5.41) is 12.6. The van der Waals surface area contributed by atoms with Crippen LogP contribution in [0, 0.1) is 0 Å². The van der Waals surface area contributed by atoms with Crippen molar-refractivity contribution in [3.63, 3.8) is 0 Å². The summed E-state index contributed by atoms with van der Waals surface area (Å²) in [6, 6.07) is 4.74. The van der Waals surface area contributed by atoms with Gasteiger partial charge in [-0.25, -0.2) is 0 Å². The third kappa shape index (κ3) is 3.48. The molecule has 0 amide bonds. The topological polar surface area (TPSA) is 57.6 Å². The van der Waals surface area contributed by atoms with E-state index in [0.717, 1.165) is 17.9 Å². The zero-order valence-corrected chi connectivity index (χ0v) is 12.5. The van der Waals surface area contributed by atoms with E-state index in [1.807, 2.05) is 6.20 Å². The largest absolute Gasteiger partial charge is 0.394 e. The molecule has 3 unspecified atom stereocenters. The number of hydrogen-bond acceptors (Lipinski definition) is 5. The maximum Gasteiger partial charge on any atom is 0.0981 e. The highest BCUT2D eigenvalue weighted by Gasteiger charge is 2.26.